The number of para-hydroxylation sites is 1. The highest BCUT2D eigenvalue weighted by atomic mass is 15.2. The van der Waals surface area contributed by atoms with E-state index in [0.717, 1.165) is 0 Å². The zero-order valence-corrected chi connectivity index (χ0v) is 15.0. The Morgan fingerprint density at radius 1 is 0.880 bits per heavy atom. The molecule has 2 heterocycles. The zero-order valence-electron chi connectivity index (χ0n) is 15.0. The van der Waals surface area contributed by atoms with Gasteiger partial charge < -0.3 is 14.0 Å². The first-order valence-electron chi connectivity index (χ1n) is 8.71. The average Bonchev–Trinajstić information content (AvgIpc) is 2.99. The van der Waals surface area contributed by atoms with Gasteiger partial charge in [-0.05, 0) is 49.7 Å². The number of benzene rings is 3. The Bertz CT molecular complexity index is 1150. The fourth-order valence-corrected chi connectivity index (χ4v) is 3.88. The zero-order chi connectivity index (χ0) is 17.3. The summed E-state index contributed by atoms with van der Waals surface area (Å²) >= 11 is 0. The molecule has 0 atom stereocenters. The number of imidazole rings is 1. The Kier molecular flexibility index (Phi) is 2.69. The molecule has 0 radical (unpaired) electrons. The molecule has 0 amide bonds. The maximum absolute atomic E-state index is 3.62. The largest absolute Gasteiger partial charge is 0.354 e. The predicted octanol–water partition coefficient (Wildman–Crippen LogP) is 4.71. The smallest absolute Gasteiger partial charge is 0.244 e. The lowest BCUT2D eigenvalue weighted by atomic mass is 10.0. The van der Waals surface area contributed by atoms with E-state index in [2.05, 4.69) is 103 Å². The van der Waals surface area contributed by atoms with Crippen LogP contribution in [0.4, 0.5) is 11.4 Å². The summed E-state index contributed by atoms with van der Waals surface area (Å²) in [5.41, 5.74) is 6.04. The van der Waals surface area contributed by atoms with Crippen LogP contribution in [0.1, 0.15) is 20.8 Å². The molecule has 4 aromatic rings. The van der Waals surface area contributed by atoms with Crippen LogP contribution in [-0.2, 0) is 5.54 Å². The van der Waals surface area contributed by atoms with Crippen molar-refractivity contribution in [1.29, 1.82) is 0 Å². The highest BCUT2D eigenvalue weighted by molar-refractivity contribution is 5.96. The molecule has 3 heteroatoms. The first-order chi connectivity index (χ1) is 11.9. The van der Waals surface area contributed by atoms with Gasteiger partial charge in [-0.15, -0.1) is 0 Å². The van der Waals surface area contributed by atoms with Gasteiger partial charge in [-0.1, -0.05) is 36.4 Å². The summed E-state index contributed by atoms with van der Waals surface area (Å²) in [7, 11) is 2.15. The highest BCUT2D eigenvalue weighted by Gasteiger charge is 2.27. The molecular formula is C22H21N3. The maximum atomic E-state index is 3.62. The van der Waals surface area contributed by atoms with Crippen molar-refractivity contribution in [3.8, 4) is 5.69 Å². The number of anilines is 2. The number of hydrogen-bond donors (Lipinski definition) is 0. The molecule has 1 aliphatic heterocycles. The van der Waals surface area contributed by atoms with E-state index in [9.17, 15) is 0 Å². The van der Waals surface area contributed by atoms with E-state index in [1.54, 1.807) is 0 Å². The molecular weight excluding hydrogens is 306 g/mol. The van der Waals surface area contributed by atoms with Crippen molar-refractivity contribution in [1.82, 2.24) is 4.57 Å². The Labute approximate surface area is 147 Å². The summed E-state index contributed by atoms with van der Waals surface area (Å²) in [6.45, 7) is 6.68. The van der Waals surface area contributed by atoms with Gasteiger partial charge in [0.2, 0.25) is 6.33 Å². The minimum absolute atomic E-state index is 0.0257. The van der Waals surface area contributed by atoms with Crippen LogP contribution >= 0.6 is 0 Å². The van der Waals surface area contributed by atoms with Gasteiger partial charge in [-0.25, -0.2) is 0 Å². The fraction of sp³-hybridized carbons (Fsp3) is 0.227. The summed E-state index contributed by atoms with van der Waals surface area (Å²) in [4.78, 5) is 2.30. The molecule has 0 spiro atoms. The molecule has 0 bridgehead atoms. The van der Waals surface area contributed by atoms with E-state index in [1.807, 2.05) is 0 Å². The van der Waals surface area contributed by atoms with Crippen molar-refractivity contribution in [3.63, 3.8) is 0 Å². The number of hydrogen-bond acceptors (Lipinski definition) is 1. The summed E-state index contributed by atoms with van der Waals surface area (Å²) in [6.07, 6.45) is 3.62. The first-order valence-corrected chi connectivity index (χ1v) is 8.71. The summed E-state index contributed by atoms with van der Waals surface area (Å²) in [5, 5.41) is 2.52. The van der Waals surface area contributed by atoms with Gasteiger partial charge in [0.15, 0.2) is 0 Å². The minimum atomic E-state index is -0.0257. The minimum Gasteiger partial charge on any atom is -0.354 e. The number of rotatable bonds is 0. The van der Waals surface area contributed by atoms with E-state index >= 15 is 0 Å². The highest BCUT2D eigenvalue weighted by Crippen LogP contribution is 2.39. The Balaban J connectivity index is 1.94. The van der Waals surface area contributed by atoms with Crippen LogP contribution in [0.3, 0.4) is 0 Å². The van der Waals surface area contributed by atoms with Crippen LogP contribution in [-0.4, -0.2) is 11.6 Å². The van der Waals surface area contributed by atoms with Crippen molar-refractivity contribution in [2.24, 2.45) is 0 Å². The lowest BCUT2D eigenvalue weighted by Gasteiger charge is -2.30. The number of fused-ring (bicyclic) bond motifs is 3. The lowest BCUT2D eigenvalue weighted by Crippen LogP contribution is -2.37. The molecule has 25 heavy (non-hydrogen) atoms. The Hall–Kier alpha value is -2.81. The van der Waals surface area contributed by atoms with E-state index in [4.69, 9.17) is 0 Å². The van der Waals surface area contributed by atoms with Crippen LogP contribution in [0.15, 0.2) is 54.6 Å². The summed E-state index contributed by atoms with van der Waals surface area (Å²) in [5.74, 6) is 0. The topological polar surface area (TPSA) is 12.1 Å². The fourth-order valence-electron chi connectivity index (χ4n) is 3.88. The van der Waals surface area contributed by atoms with Crippen molar-refractivity contribution < 1.29 is 4.57 Å². The third-order valence-corrected chi connectivity index (χ3v) is 5.14. The Morgan fingerprint density at radius 2 is 1.60 bits per heavy atom. The second-order valence-corrected chi connectivity index (χ2v) is 7.83. The summed E-state index contributed by atoms with van der Waals surface area (Å²) in [6, 6.07) is 19.6. The van der Waals surface area contributed by atoms with Gasteiger partial charge in [0.25, 0.3) is 0 Å². The SMILES string of the molecule is CN1c2cc3ccccc3cc2-[n+]2[c-]n(C(C)(C)C)c3cccc1c32. The van der Waals surface area contributed by atoms with E-state index in [1.165, 1.54) is 38.9 Å². The molecule has 0 unspecified atom stereocenters. The molecule has 1 aromatic heterocycles. The molecule has 0 fully saturated rings. The molecule has 0 saturated heterocycles. The lowest BCUT2D eigenvalue weighted by molar-refractivity contribution is -0.573. The van der Waals surface area contributed by atoms with E-state index in [-0.39, 0.29) is 5.54 Å². The van der Waals surface area contributed by atoms with Crippen molar-refractivity contribution in [3.05, 3.63) is 60.9 Å². The predicted molar refractivity (Wildman–Crippen MR) is 103 cm³/mol. The number of nitrogens with zero attached hydrogens (tertiary/aromatic N) is 3. The van der Waals surface area contributed by atoms with Gasteiger partial charge in [0.05, 0.1) is 22.3 Å². The molecule has 0 aliphatic carbocycles. The van der Waals surface area contributed by atoms with Gasteiger partial charge >= 0.3 is 0 Å². The summed E-state index contributed by atoms with van der Waals surface area (Å²) < 4.78 is 4.49. The second-order valence-electron chi connectivity index (χ2n) is 7.83. The van der Waals surface area contributed by atoms with Gasteiger partial charge in [0, 0.05) is 18.4 Å². The van der Waals surface area contributed by atoms with E-state index < -0.39 is 0 Å². The average molecular weight is 327 g/mol. The van der Waals surface area contributed by atoms with Crippen LogP contribution in [0, 0.1) is 6.33 Å². The third-order valence-electron chi connectivity index (χ3n) is 5.14. The first kappa shape index (κ1) is 14.5. The molecule has 3 nitrogen and oxygen atoms in total. The quantitative estimate of drug-likeness (QED) is 0.336. The van der Waals surface area contributed by atoms with Crippen molar-refractivity contribution in [2.45, 2.75) is 26.3 Å². The second kappa shape index (κ2) is 4.63. The van der Waals surface area contributed by atoms with Crippen LogP contribution in [0.25, 0.3) is 27.5 Å². The van der Waals surface area contributed by atoms with Gasteiger partial charge in [-0.2, -0.15) is 0 Å². The maximum Gasteiger partial charge on any atom is 0.244 e. The third kappa shape index (κ3) is 1.89. The molecule has 0 N–H and O–H groups in total. The van der Waals surface area contributed by atoms with Gasteiger partial charge in [-0.3, -0.25) is 0 Å². The standard InChI is InChI=1S/C22H21N3/c1-22(2,3)25-14-24-20-13-16-9-6-5-8-15(16)12-19(20)23(4)17-10-7-11-18(25)21(17)24/h5-13H,1-4H3. The Morgan fingerprint density at radius 3 is 2.32 bits per heavy atom. The van der Waals surface area contributed by atoms with Crippen LogP contribution < -0.4 is 9.47 Å². The van der Waals surface area contributed by atoms with Crippen molar-refractivity contribution >= 4 is 33.2 Å². The molecule has 0 saturated carbocycles. The van der Waals surface area contributed by atoms with Gasteiger partial charge in [0.1, 0.15) is 0 Å². The van der Waals surface area contributed by atoms with Crippen LogP contribution in [0.2, 0.25) is 0 Å². The normalized spacial score (nSPS) is 13.5. The van der Waals surface area contributed by atoms with E-state index in [0.29, 0.717) is 0 Å². The monoisotopic (exact) mass is 327 g/mol. The molecule has 5 rings (SSSR count). The molecule has 124 valence electrons. The van der Waals surface area contributed by atoms with Crippen molar-refractivity contribution in [2.75, 3.05) is 11.9 Å². The van der Waals surface area contributed by atoms with Crippen LogP contribution in [0.5, 0.6) is 0 Å². The molecule has 1 aliphatic rings. The molecule has 3 aromatic carbocycles. The number of aromatic nitrogens is 2.